The summed E-state index contributed by atoms with van der Waals surface area (Å²) in [5.41, 5.74) is -7.55. The highest BCUT2D eigenvalue weighted by Crippen LogP contribution is 2.58. The van der Waals surface area contributed by atoms with Gasteiger partial charge in [-0.2, -0.15) is 26.3 Å². The number of alkyl halides is 7. The van der Waals surface area contributed by atoms with Gasteiger partial charge in [0, 0.05) is 43.1 Å². The summed E-state index contributed by atoms with van der Waals surface area (Å²) < 4.78 is 137. The van der Waals surface area contributed by atoms with Gasteiger partial charge in [-0.15, -0.1) is 0 Å². The minimum Gasteiger partial charge on any atom is -0.343 e. The number of sulfone groups is 1. The molecule has 0 aromatic heterocycles. The first-order valence-corrected chi connectivity index (χ1v) is 15.7. The van der Waals surface area contributed by atoms with E-state index in [1.54, 1.807) is 4.90 Å². The van der Waals surface area contributed by atoms with E-state index in [0.29, 0.717) is 38.1 Å². The SMILES string of the molecule is CC(=O)N1CCC(C(=O)N=C2CC[C@@]3(S(=O)(=O)c4ccc(F)cc4)c4ccc(C(F)(C(F)(F)F)C(F)(F)F)cc4CC[C@@H]23)CC1. The lowest BCUT2D eigenvalue weighted by Crippen LogP contribution is -2.50. The van der Waals surface area contributed by atoms with Crippen molar-refractivity contribution in [2.75, 3.05) is 13.1 Å². The summed E-state index contributed by atoms with van der Waals surface area (Å²) in [4.78, 5) is 30.4. The normalized spacial score (nSPS) is 24.0. The maximum absolute atomic E-state index is 15.0. The van der Waals surface area contributed by atoms with Crippen molar-refractivity contribution in [3.63, 3.8) is 0 Å². The lowest BCUT2D eigenvalue weighted by Gasteiger charge is -2.41. The third kappa shape index (κ3) is 5.24. The first kappa shape index (κ1) is 33.0. The van der Waals surface area contributed by atoms with Crippen LogP contribution in [0.25, 0.3) is 0 Å². The first-order chi connectivity index (χ1) is 20.8. The van der Waals surface area contributed by atoms with E-state index in [1.165, 1.54) is 6.92 Å². The van der Waals surface area contributed by atoms with Crippen LogP contribution < -0.4 is 0 Å². The summed E-state index contributed by atoms with van der Waals surface area (Å²) in [5.74, 6) is -2.92. The molecule has 5 rings (SSSR count). The van der Waals surface area contributed by atoms with E-state index >= 15 is 0 Å². The average Bonchev–Trinajstić information content (AvgIpc) is 3.35. The van der Waals surface area contributed by atoms with Gasteiger partial charge in [0.1, 0.15) is 10.6 Å². The maximum atomic E-state index is 15.0. The number of hydrogen-bond acceptors (Lipinski definition) is 4. The summed E-state index contributed by atoms with van der Waals surface area (Å²) in [6.07, 6.45) is -12.6. The molecule has 1 heterocycles. The molecule has 2 aromatic rings. The quantitative estimate of drug-likeness (QED) is 0.281. The number of rotatable bonds is 4. The van der Waals surface area contributed by atoms with E-state index < -0.39 is 61.7 Å². The Morgan fingerprint density at radius 2 is 1.49 bits per heavy atom. The maximum Gasteiger partial charge on any atom is 0.435 e. The van der Waals surface area contributed by atoms with Gasteiger partial charge in [-0.25, -0.2) is 22.2 Å². The highest BCUT2D eigenvalue weighted by Gasteiger charge is 2.73. The number of piperidine rings is 1. The number of aryl methyl sites for hydroxylation is 1. The second kappa shape index (κ2) is 11.2. The van der Waals surface area contributed by atoms with Crippen LogP contribution in [-0.2, 0) is 36.3 Å². The molecule has 2 fully saturated rings. The lowest BCUT2D eigenvalue weighted by atomic mass is 9.74. The standard InChI is InChI=1S/C30H28F8N2O4S/c1-17(41)40-14-11-18(12-15-40)26(42)39-25-10-13-27(45(43,44)22-6-4-21(31)5-7-22)23-9-3-20(16-19(23)2-8-24(25)27)28(32,29(33,34)35)30(36,37)38/h3-7,9,16,18,24H,2,8,10-15H2,1H3/t24-,27+/m0/s1. The Morgan fingerprint density at radius 3 is 2.04 bits per heavy atom. The Balaban J connectivity index is 1.61. The van der Waals surface area contributed by atoms with Gasteiger partial charge in [0.05, 0.1) is 4.90 Å². The topological polar surface area (TPSA) is 83.9 Å². The Morgan fingerprint density at radius 1 is 0.889 bits per heavy atom. The van der Waals surface area contributed by atoms with E-state index in [1.807, 2.05) is 0 Å². The molecule has 3 aliphatic rings. The van der Waals surface area contributed by atoms with Gasteiger partial charge in [-0.3, -0.25) is 9.59 Å². The predicted octanol–water partition coefficient (Wildman–Crippen LogP) is 6.37. The molecule has 1 aliphatic heterocycles. The fraction of sp³-hybridized carbons (Fsp3) is 0.500. The van der Waals surface area contributed by atoms with E-state index in [4.69, 9.17) is 0 Å². The van der Waals surface area contributed by atoms with Crippen molar-refractivity contribution in [2.24, 2.45) is 16.8 Å². The van der Waals surface area contributed by atoms with Crippen molar-refractivity contribution in [1.82, 2.24) is 4.90 Å². The summed E-state index contributed by atoms with van der Waals surface area (Å²) in [6.45, 7) is 2.08. The van der Waals surface area contributed by atoms with Crippen LogP contribution in [0.3, 0.4) is 0 Å². The Kier molecular flexibility index (Phi) is 8.19. The number of carbonyl (C=O) groups excluding carboxylic acids is 2. The minimum atomic E-state index is -6.36. The summed E-state index contributed by atoms with van der Waals surface area (Å²) in [5, 5.41) is 0. The van der Waals surface area contributed by atoms with Gasteiger partial charge < -0.3 is 4.90 Å². The number of likely N-dealkylation sites (tertiary alicyclic amines) is 1. The molecule has 2 aliphatic carbocycles. The lowest BCUT2D eigenvalue weighted by molar-refractivity contribution is -0.348. The molecular formula is C30H28F8N2O4S. The molecule has 6 nitrogen and oxygen atoms in total. The number of nitrogens with zero attached hydrogens (tertiary/aromatic N) is 2. The number of hydrogen-bond donors (Lipinski definition) is 0. The second-order valence-electron chi connectivity index (χ2n) is 11.7. The van der Waals surface area contributed by atoms with Crippen LogP contribution in [0.2, 0.25) is 0 Å². The molecule has 15 heteroatoms. The number of fused-ring (bicyclic) bond motifs is 3. The molecule has 2 aromatic carbocycles. The zero-order valence-electron chi connectivity index (χ0n) is 23.8. The van der Waals surface area contributed by atoms with Crippen LogP contribution in [0.5, 0.6) is 0 Å². The van der Waals surface area contributed by atoms with Gasteiger partial charge in [0.2, 0.25) is 11.8 Å². The molecule has 0 unspecified atom stereocenters. The summed E-state index contributed by atoms with van der Waals surface area (Å²) in [7, 11) is -4.55. The van der Waals surface area contributed by atoms with Crippen molar-refractivity contribution in [3.05, 3.63) is 65.0 Å². The van der Waals surface area contributed by atoms with E-state index in [2.05, 4.69) is 4.99 Å². The van der Waals surface area contributed by atoms with Gasteiger partial charge >= 0.3 is 18.0 Å². The van der Waals surface area contributed by atoms with E-state index in [0.717, 1.165) is 30.3 Å². The number of amides is 2. The number of carbonyl (C=O) groups is 2. The second-order valence-corrected chi connectivity index (χ2v) is 13.9. The highest BCUT2D eigenvalue weighted by molar-refractivity contribution is 7.92. The fourth-order valence-electron chi connectivity index (χ4n) is 6.97. The number of halogens is 8. The van der Waals surface area contributed by atoms with Crippen molar-refractivity contribution in [1.29, 1.82) is 0 Å². The molecular weight excluding hydrogens is 636 g/mol. The monoisotopic (exact) mass is 664 g/mol. The van der Waals surface area contributed by atoms with Crippen LogP contribution in [0.15, 0.2) is 52.4 Å². The Hall–Kier alpha value is -3.36. The molecule has 244 valence electrons. The zero-order valence-corrected chi connectivity index (χ0v) is 24.6. The Labute approximate surface area is 253 Å². The molecule has 45 heavy (non-hydrogen) atoms. The number of benzene rings is 2. The first-order valence-electron chi connectivity index (χ1n) is 14.2. The summed E-state index contributed by atoms with van der Waals surface area (Å²) in [6, 6.07) is 5.30. The van der Waals surface area contributed by atoms with Crippen molar-refractivity contribution >= 4 is 27.4 Å². The van der Waals surface area contributed by atoms with Crippen molar-refractivity contribution < 1.29 is 53.1 Å². The third-order valence-corrected chi connectivity index (χ3v) is 11.9. The zero-order chi connectivity index (χ0) is 33.2. The average molecular weight is 665 g/mol. The molecule has 1 saturated heterocycles. The Bertz CT molecular complexity index is 1630. The molecule has 0 bridgehead atoms. The van der Waals surface area contributed by atoms with Crippen molar-refractivity contribution in [2.45, 2.75) is 73.1 Å². The molecule has 2 amide bonds. The van der Waals surface area contributed by atoms with Crippen molar-refractivity contribution in [3.8, 4) is 0 Å². The number of aliphatic imine (C=N–C) groups is 1. The van der Waals surface area contributed by atoms with Gasteiger partial charge in [0.15, 0.2) is 9.84 Å². The highest BCUT2D eigenvalue weighted by atomic mass is 32.2. The van der Waals surface area contributed by atoms with Gasteiger partial charge in [-0.05, 0) is 73.9 Å². The predicted molar refractivity (Wildman–Crippen MR) is 145 cm³/mol. The van der Waals surface area contributed by atoms with Crippen LogP contribution >= 0.6 is 0 Å². The molecule has 0 radical (unpaired) electrons. The van der Waals surface area contributed by atoms with Crippen LogP contribution in [0.1, 0.15) is 55.7 Å². The fourth-order valence-corrected chi connectivity index (χ4v) is 9.37. The third-order valence-electron chi connectivity index (χ3n) is 9.31. The summed E-state index contributed by atoms with van der Waals surface area (Å²) >= 11 is 0. The van der Waals surface area contributed by atoms with E-state index in [-0.39, 0.29) is 53.3 Å². The molecule has 1 saturated carbocycles. The molecule has 0 N–H and O–H groups in total. The van der Waals surface area contributed by atoms with Gasteiger partial charge in [0.25, 0.3) is 0 Å². The van der Waals surface area contributed by atoms with Gasteiger partial charge in [-0.1, -0.05) is 18.2 Å². The largest absolute Gasteiger partial charge is 0.435 e. The van der Waals surface area contributed by atoms with Crippen LogP contribution in [0, 0.1) is 17.7 Å². The smallest absolute Gasteiger partial charge is 0.343 e. The molecule has 0 spiro atoms. The van der Waals surface area contributed by atoms with Crippen LogP contribution in [0.4, 0.5) is 35.1 Å². The molecule has 2 atom stereocenters. The minimum absolute atomic E-state index is 0.0253. The van der Waals surface area contributed by atoms with Crippen LogP contribution in [-0.4, -0.2) is 56.3 Å². The van der Waals surface area contributed by atoms with E-state index in [9.17, 15) is 53.1 Å².